The average molecular weight is 258 g/mol. The molecular formula is C16H22N2O. The van der Waals surface area contributed by atoms with Gasteiger partial charge in [-0.1, -0.05) is 24.6 Å². The number of rotatable bonds is 4. The number of para-hydroxylation sites is 1. The number of benzene rings is 1. The number of hydrogen-bond acceptors (Lipinski definition) is 2. The summed E-state index contributed by atoms with van der Waals surface area (Å²) < 4.78 is 0. The third kappa shape index (κ3) is 1.80. The minimum atomic E-state index is 0.0183. The second-order valence-corrected chi connectivity index (χ2v) is 5.80. The maximum Gasteiger partial charge on any atom is 0.0505 e. The molecule has 1 aromatic carbocycles. The molecule has 3 N–H and O–H groups in total. The summed E-state index contributed by atoms with van der Waals surface area (Å²) in [7, 11) is 2.00. The third-order valence-corrected chi connectivity index (χ3v) is 4.80. The van der Waals surface area contributed by atoms with Crippen LogP contribution >= 0.6 is 0 Å². The van der Waals surface area contributed by atoms with Gasteiger partial charge in [0.25, 0.3) is 0 Å². The van der Waals surface area contributed by atoms with E-state index >= 15 is 0 Å². The van der Waals surface area contributed by atoms with Crippen molar-refractivity contribution in [3.05, 3.63) is 35.5 Å². The van der Waals surface area contributed by atoms with Crippen molar-refractivity contribution in [3.8, 4) is 0 Å². The van der Waals surface area contributed by atoms with E-state index in [-0.39, 0.29) is 18.1 Å². The number of aliphatic hydroxyl groups is 1. The highest BCUT2D eigenvalue weighted by molar-refractivity contribution is 5.85. The van der Waals surface area contributed by atoms with Crippen LogP contribution < -0.4 is 5.32 Å². The molecule has 1 aliphatic rings. The van der Waals surface area contributed by atoms with Crippen LogP contribution in [0, 0.1) is 12.3 Å². The van der Waals surface area contributed by atoms with Gasteiger partial charge in [-0.15, -0.1) is 0 Å². The molecule has 1 heterocycles. The van der Waals surface area contributed by atoms with Gasteiger partial charge < -0.3 is 15.4 Å². The molecule has 3 heteroatoms. The number of fused-ring (bicyclic) bond motifs is 1. The molecule has 0 aliphatic heterocycles. The summed E-state index contributed by atoms with van der Waals surface area (Å²) in [5, 5.41) is 14.6. The fourth-order valence-electron chi connectivity index (χ4n) is 3.60. The molecule has 19 heavy (non-hydrogen) atoms. The molecule has 3 nitrogen and oxygen atoms in total. The van der Waals surface area contributed by atoms with Gasteiger partial charge >= 0.3 is 0 Å². The summed E-state index contributed by atoms with van der Waals surface area (Å²) in [5.74, 6) is 0. The van der Waals surface area contributed by atoms with Crippen molar-refractivity contribution in [2.75, 3.05) is 13.7 Å². The minimum Gasteiger partial charge on any atom is -0.396 e. The van der Waals surface area contributed by atoms with Crippen LogP contribution in [0.1, 0.15) is 36.6 Å². The lowest BCUT2D eigenvalue weighted by Gasteiger charge is -2.46. The van der Waals surface area contributed by atoms with Crippen molar-refractivity contribution >= 4 is 10.9 Å². The van der Waals surface area contributed by atoms with Crippen LogP contribution in [0.15, 0.2) is 24.3 Å². The van der Waals surface area contributed by atoms with Crippen LogP contribution in [0.2, 0.25) is 0 Å². The quantitative estimate of drug-likeness (QED) is 0.789. The largest absolute Gasteiger partial charge is 0.396 e. The maximum absolute atomic E-state index is 9.85. The van der Waals surface area contributed by atoms with Crippen LogP contribution in [0.25, 0.3) is 10.9 Å². The zero-order valence-electron chi connectivity index (χ0n) is 11.7. The van der Waals surface area contributed by atoms with Crippen molar-refractivity contribution in [2.24, 2.45) is 5.41 Å². The summed E-state index contributed by atoms with van der Waals surface area (Å²) in [5.41, 5.74) is 3.74. The molecule has 0 bridgehead atoms. The number of hydrogen-bond donors (Lipinski definition) is 3. The van der Waals surface area contributed by atoms with E-state index in [0.717, 1.165) is 12.8 Å². The number of nitrogens with one attached hydrogen (secondary N) is 2. The molecule has 1 unspecified atom stereocenters. The number of H-pyrrole nitrogens is 1. The van der Waals surface area contributed by atoms with Gasteiger partial charge in [0.15, 0.2) is 0 Å². The summed E-state index contributed by atoms with van der Waals surface area (Å²) in [6, 6.07) is 8.65. The molecule has 102 valence electrons. The van der Waals surface area contributed by atoms with Crippen molar-refractivity contribution in [3.63, 3.8) is 0 Å². The Labute approximate surface area is 114 Å². The van der Waals surface area contributed by atoms with Crippen molar-refractivity contribution < 1.29 is 5.11 Å². The smallest absolute Gasteiger partial charge is 0.0505 e. The lowest BCUT2D eigenvalue weighted by molar-refractivity contribution is 0.00810. The molecule has 1 saturated carbocycles. The van der Waals surface area contributed by atoms with Crippen LogP contribution in [0.5, 0.6) is 0 Å². The molecule has 1 aliphatic carbocycles. The van der Waals surface area contributed by atoms with E-state index in [2.05, 4.69) is 41.5 Å². The van der Waals surface area contributed by atoms with Crippen molar-refractivity contribution in [1.82, 2.24) is 10.3 Å². The molecular weight excluding hydrogens is 236 g/mol. The SMILES string of the molecule is CNC(c1c(C)[nH]c2ccccc12)C1(CO)CCC1. The highest BCUT2D eigenvalue weighted by Crippen LogP contribution is 2.51. The van der Waals surface area contributed by atoms with Gasteiger partial charge in [0.1, 0.15) is 0 Å². The van der Waals surface area contributed by atoms with Gasteiger partial charge in [-0.2, -0.15) is 0 Å². The number of aliphatic hydroxyl groups excluding tert-OH is 1. The zero-order valence-corrected chi connectivity index (χ0v) is 11.7. The van der Waals surface area contributed by atoms with Crippen LogP contribution in [-0.2, 0) is 0 Å². The van der Waals surface area contributed by atoms with E-state index in [1.54, 1.807) is 0 Å². The highest BCUT2D eigenvalue weighted by Gasteiger charge is 2.44. The van der Waals surface area contributed by atoms with Crippen LogP contribution in [0.3, 0.4) is 0 Å². The first-order valence-electron chi connectivity index (χ1n) is 7.07. The Kier molecular flexibility index (Phi) is 3.11. The van der Waals surface area contributed by atoms with E-state index in [9.17, 15) is 5.11 Å². The van der Waals surface area contributed by atoms with Gasteiger partial charge in [-0.05, 0) is 38.4 Å². The first-order chi connectivity index (χ1) is 9.22. The zero-order chi connectivity index (χ0) is 13.5. The fourth-order valence-corrected chi connectivity index (χ4v) is 3.60. The van der Waals surface area contributed by atoms with Gasteiger partial charge in [0, 0.05) is 28.1 Å². The second kappa shape index (κ2) is 4.66. The first-order valence-corrected chi connectivity index (χ1v) is 7.07. The standard InChI is InChI=1S/C16H22N2O/c1-11-14(12-6-3-4-7-13(12)18-11)15(17-2)16(10-19)8-5-9-16/h3-4,6-7,15,17-19H,5,8-10H2,1-2H3. The Balaban J connectivity index is 2.13. The second-order valence-electron chi connectivity index (χ2n) is 5.80. The Hall–Kier alpha value is -1.32. The molecule has 0 radical (unpaired) electrons. The van der Waals surface area contributed by atoms with E-state index < -0.39 is 0 Å². The lowest BCUT2D eigenvalue weighted by atomic mass is 9.62. The van der Waals surface area contributed by atoms with Crippen LogP contribution in [-0.4, -0.2) is 23.7 Å². The molecule has 0 amide bonds. The van der Waals surface area contributed by atoms with Gasteiger partial charge in [0.05, 0.1) is 6.61 Å². The number of aromatic nitrogens is 1. The molecule has 0 spiro atoms. The Morgan fingerprint density at radius 2 is 2.11 bits per heavy atom. The number of aromatic amines is 1. The van der Waals surface area contributed by atoms with Crippen molar-refractivity contribution in [1.29, 1.82) is 0 Å². The minimum absolute atomic E-state index is 0.0183. The average Bonchev–Trinajstić information content (AvgIpc) is 2.70. The Bertz CT molecular complexity index is 578. The fraction of sp³-hybridized carbons (Fsp3) is 0.500. The predicted molar refractivity (Wildman–Crippen MR) is 78.2 cm³/mol. The molecule has 2 aromatic rings. The summed E-state index contributed by atoms with van der Waals surface area (Å²) in [6.45, 7) is 2.39. The summed E-state index contributed by atoms with van der Waals surface area (Å²) in [4.78, 5) is 3.46. The van der Waals surface area contributed by atoms with Gasteiger partial charge in [0.2, 0.25) is 0 Å². The highest BCUT2D eigenvalue weighted by atomic mass is 16.3. The third-order valence-electron chi connectivity index (χ3n) is 4.80. The van der Waals surface area contributed by atoms with E-state index in [1.807, 2.05) is 7.05 Å². The van der Waals surface area contributed by atoms with Gasteiger partial charge in [-0.3, -0.25) is 0 Å². The van der Waals surface area contributed by atoms with Gasteiger partial charge in [-0.25, -0.2) is 0 Å². The topological polar surface area (TPSA) is 48.0 Å². The predicted octanol–water partition coefficient (Wildman–Crippen LogP) is 2.90. The van der Waals surface area contributed by atoms with E-state index in [4.69, 9.17) is 0 Å². The Morgan fingerprint density at radius 3 is 2.68 bits per heavy atom. The first kappa shape index (κ1) is 12.7. The molecule has 1 atom stereocenters. The molecule has 0 saturated heterocycles. The molecule has 1 fully saturated rings. The summed E-state index contributed by atoms with van der Waals surface area (Å²) >= 11 is 0. The van der Waals surface area contributed by atoms with E-state index in [1.165, 1.54) is 28.6 Å². The van der Waals surface area contributed by atoms with Crippen molar-refractivity contribution in [2.45, 2.75) is 32.2 Å². The maximum atomic E-state index is 9.85. The molecule has 1 aromatic heterocycles. The van der Waals surface area contributed by atoms with Crippen LogP contribution in [0.4, 0.5) is 0 Å². The Morgan fingerprint density at radius 1 is 1.37 bits per heavy atom. The normalized spacial score (nSPS) is 19.3. The lowest BCUT2D eigenvalue weighted by Crippen LogP contribution is -2.44. The monoisotopic (exact) mass is 258 g/mol. The summed E-state index contributed by atoms with van der Waals surface area (Å²) in [6.07, 6.45) is 3.43. The molecule has 3 rings (SSSR count). The van der Waals surface area contributed by atoms with E-state index in [0.29, 0.717) is 0 Å². The number of aryl methyl sites for hydroxylation is 1.